The number of carbonyl (C=O) groups is 1. The highest BCUT2D eigenvalue weighted by Crippen LogP contribution is 2.31. The van der Waals surface area contributed by atoms with Crippen LogP contribution in [-0.2, 0) is 18.0 Å². The minimum Gasteiger partial charge on any atom is -0.497 e. The predicted octanol–water partition coefficient (Wildman–Crippen LogP) is 3.09. The molecule has 1 aliphatic rings. The molecule has 1 heterocycles. The van der Waals surface area contributed by atoms with E-state index in [1.807, 2.05) is 18.2 Å². The van der Waals surface area contributed by atoms with Crippen molar-refractivity contribution in [2.45, 2.75) is 13.2 Å². The van der Waals surface area contributed by atoms with Crippen molar-refractivity contribution in [2.75, 3.05) is 7.11 Å². The minimum atomic E-state index is -0.962. The number of hydrogen-bond donors (Lipinski definition) is 1. The number of rotatable bonds is 3. The number of carboxylic acids is 1. The fraction of sp³-hybridized carbons (Fsp3) is 0.188. The summed E-state index contributed by atoms with van der Waals surface area (Å²) in [6, 6.07) is 11.0. The fourth-order valence-corrected chi connectivity index (χ4v) is 2.42. The smallest absolute Gasteiger partial charge is 0.336 e. The monoisotopic (exact) mass is 270 g/mol. The summed E-state index contributed by atoms with van der Waals surface area (Å²) < 4.78 is 10.5. The van der Waals surface area contributed by atoms with Gasteiger partial charge < -0.3 is 14.6 Å². The topological polar surface area (TPSA) is 55.8 Å². The van der Waals surface area contributed by atoms with Crippen LogP contribution in [0.3, 0.4) is 0 Å². The van der Waals surface area contributed by atoms with Crippen molar-refractivity contribution in [1.82, 2.24) is 0 Å². The number of carboxylic acid groups (broad SMARTS) is 1. The highest BCUT2D eigenvalue weighted by atomic mass is 16.5. The summed E-state index contributed by atoms with van der Waals surface area (Å²) in [6.45, 7) is 1.21. The molecule has 0 aromatic heterocycles. The maximum Gasteiger partial charge on any atom is 0.336 e. The third kappa shape index (κ3) is 2.14. The SMILES string of the molecule is COc1ccc(-c2ccc3c(c2)COC3)c(C(=O)O)c1. The first-order valence-electron chi connectivity index (χ1n) is 6.30. The molecule has 0 fully saturated rings. The molecule has 4 nitrogen and oxygen atoms in total. The van der Waals surface area contributed by atoms with E-state index < -0.39 is 5.97 Å². The van der Waals surface area contributed by atoms with E-state index in [1.54, 1.807) is 18.2 Å². The van der Waals surface area contributed by atoms with Gasteiger partial charge in [0.1, 0.15) is 5.75 Å². The zero-order valence-electron chi connectivity index (χ0n) is 11.1. The molecule has 2 aromatic rings. The molecular formula is C16H14O4. The van der Waals surface area contributed by atoms with Crippen LogP contribution in [0.1, 0.15) is 21.5 Å². The van der Waals surface area contributed by atoms with Gasteiger partial charge in [-0.15, -0.1) is 0 Å². The van der Waals surface area contributed by atoms with Crippen LogP contribution in [0, 0.1) is 0 Å². The molecule has 1 N–H and O–H groups in total. The zero-order valence-corrected chi connectivity index (χ0v) is 11.1. The van der Waals surface area contributed by atoms with Crippen LogP contribution in [0.4, 0.5) is 0 Å². The summed E-state index contributed by atoms with van der Waals surface area (Å²) in [7, 11) is 1.52. The summed E-state index contributed by atoms with van der Waals surface area (Å²) >= 11 is 0. The van der Waals surface area contributed by atoms with Gasteiger partial charge in [-0.25, -0.2) is 4.79 Å². The van der Waals surface area contributed by atoms with Gasteiger partial charge in [0.05, 0.1) is 25.9 Å². The Balaban J connectivity index is 2.11. The van der Waals surface area contributed by atoms with Crippen LogP contribution >= 0.6 is 0 Å². The van der Waals surface area contributed by atoms with Crippen LogP contribution in [0.5, 0.6) is 5.75 Å². The van der Waals surface area contributed by atoms with Gasteiger partial charge in [-0.3, -0.25) is 0 Å². The Hall–Kier alpha value is -2.33. The highest BCUT2D eigenvalue weighted by Gasteiger charge is 2.16. The number of fused-ring (bicyclic) bond motifs is 1. The molecule has 102 valence electrons. The Morgan fingerprint density at radius 2 is 1.95 bits per heavy atom. The third-order valence-electron chi connectivity index (χ3n) is 3.49. The summed E-state index contributed by atoms with van der Waals surface area (Å²) in [4.78, 5) is 11.4. The average molecular weight is 270 g/mol. The van der Waals surface area contributed by atoms with Crippen LogP contribution in [-0.4, -0.2) is 18.2 Å². The number of methoxy groups -OCH3 is 1. The van der Waals surface area contributed by atoms with Crippen LogP contribution < -0.4 is 4.74 Å². The molecule has 0 saturated carbocycles. The molecule has 3 rings (SSSR count). The van der Waals surface area contributed by atoms with Crippen LogP contribution in [0.2, 0.25) is 0 Å². The summed E-state index contributed by atoms with van der Waals surface area (Å²) in [6.07, 6.45) is 0. The minimum absolute atomic E-state index is 0.239. The Bertz CT molecular complexity index is 676. The van der Waals surface area contributed by atoms with Crippen molar-refractivity contribution in [3.8, 4) is 16.9 Å². The Morgan fingerprint density at radius 1 is 1.15 bits per heavy atom. The first-order valence-corrected chi connectivity index (χ1v) is 6.30. The van der Waals surface area contributed by atoms with Gasteiger partial charge in [0, 0.05) is 0 Å². The molecule has 0 unspecified atom stereocenters. The van der Waals surface area contributed by atoms with E-state index in [1.165, 1.54) is 12.7 Å². The number of ether oxygens (including phenoxy) is 2. The molecule has 0 saturated heterocycles. The van der Waals surface area contributed by atoms with Crippen molar-refractivity contribution in [2.24, 2.45) is 0 Å². The van der Waals surface area contributed by atoms with Crippen molar-refractivity contribution in [3.05, 3.63) is 53.1 Å². The van der Waals surface area contributed by atoms with Crippen molar-refractivity contribution in [3.63, 3.8) is 0 Å². The molecule has 0 atom stereocenters. The molecule has 0 spiro atoms. The predicted molar refractivity (Wildman–Crippen MR) is 73.9 cm³/mol. The Morgan fingerprint density at radius 3 is 2.70 bits per heavy atom. The number of hydrogen-bond acceptors (Lipinski definition) is 3. The normalized spacial score (nSPS) is 13.1. The van der Waals surface area contributed by atoms with E-state index in [0.29, 0.717) is 24.5 Å². The van der Waals surface area contributed by atoms with E-state index >= 15 is 0 Å². The van der Waals surface area contributed by atoms with Crippen LogP contribution in [0.15, 0.2) is 36.4 Å². The molecule has 1 aliphatic heterocycles. The molecule has 0 radical (unpaired) electrons. The van der Waals surface area contributed by atoms with E-state index in [2.05, 4.69) is 0 Å². The maximum absolute atomic E-state index is 11.4. The van der Waals surface area contributed by atoms with Crippen molar-refractivity contribution in [1.29, 1.82) is 0 Å². The first-order chi connectivity index (χ1) is 9.69. The molecule has 0 amide bonds. The van der Waals surface area contributed by atoms with Crippen molar-refractivity contribution < 1.29 is 19.4 Å². The molecule has 0 bridgehead atoms. The van der Waals surface area contributed by atoms with Crippen LogP contribution in [0.25, 0.3) is 11.1 Å². The summed E-state index contributed by atoms with van der Waals surface area (Å²) in [5.41, 5.74) is 4.10. The Labute approximate surface area is 116 Å². The fourth-order valence-electron chi connectivity index (χ4n) is 2.42. The largest absolute Gasteiger partial charge is 0.497 e. The molecule has 20 heavy (non-hydrogen) atoms. The first kappa shape index (κ1) is 12.7. The van der Waals surface area contributed by atoms with Gasteiger partial charge in [-0.05, 0) is 46.5 Å². The highest BCUT2D eigenvalue weighted by molar-refractivity contribution is 5.96. The van der Waals surface area contributed by atoms with Gasteiger partial charge in [0.15, 0.2) is 0 Å². The number of aromatic carboxylic acids is 1. The molecule has 0 aliphatic carbocycles. The third-order valence-corrected chi connectivity index (χ3v) is 3.49. The summed E-state index contributed by atoms with van der Waals surface area (Å²) in [5, 5.41) is 9.36. The lowest BCUT2D eigenvalue weighted by Crippen LogP contribution is -2.00. The van der Waals surface area contributed by atoms with Gasteiger partial charge in [-0.1, -0.05) is 12.1 Å². The van der Waals surface area contributed by atoms with E-state index in [0.717, 1.165) is 11.1 Å². The zero-order chi connectivity index (χ0) is 14.1. The quantitative estimate of drug-likeness (QED) is 0.931. The lowest BCUT2D eigenvalue weighted by Gasteiger charge is -2.10. The van der Waals surface area contributed by atoms with Gasteiger partial charge >= 0.3 is 5.97 Å². The maximum atomic E-state index is 11.4. The Kier molecular flexibility index (Phi) is 3.16. The summed E-state index contributed by atoms with van der Waals surface area (Å²) in [5.74, 6) is -0.425. The molecular weight excluding hydrogens is 256 g/mol. The lowest BCUT2D eigenvalue weighted by atomic mass is 9.96. The van der Waals surface area contributed by atoms with Gasteiger partial charge in [-0.2, -0.15) is 0 Å². The van der Waals surface area contributed by atoms with E-state index in [9.17, 15) is 9.90 Å². The second-order valence-electron chi connectivity index (χ2n) is 4.69. The molecule has 2 aromatic carbocycles. The average Bonchev–Trinajstić information content (AvgIpc) is 2.93. The van der Waals surface area contributed by atoms with Gasteiger partial charge in [0.2, 0.25) is 0 Å². The number of benzene rings is 2. The van der Waals surface area contributed by atoms with Crippen molar-refractivity contribution >= 4 is 5.97 Å². The standard InChI is InChI=1S/C16H14O4/c1-19-13-4-5-14(15(7-13)16(17)18)10-2-3-11-8-20-9-12(11)6-10/h2-7H,8-9H2,1H3,(H,17,18). The van der Waals surface area contributed by atoms with Gasteiger partial charge in [0.25, 0.3) is 0 Å². The van der Waals surface area contributed by atoms with E-state index in [-0.39, 0.29) is 5.56 Å². The second-order valence-corrected chi connectivity index (χ2v) is 4.69. The second kappa shape index (κ2) is 4.98. The lowest BCUT2D eigenvalue weighted by molar-refractivity contribution is 0.0697. The van der Waals surface area contributed by atoms with E-state index in [4.69, 9.17) is 9.47 Å². The molecule has 4 heteroatoms.